The lowest BCUT2D eigenvalue weighted by atomic mass is 9.97. The first-order valence-corrected chi connectivity index (χ1v) is 7.87. The summed E-state index contributed by atoms with van der Waals surface area (Å²) in [6.07, 6.45) is 1.45. The molecule has 0 bridgehead atoms. The first kappa shape index (κ1) is 14.8. The molecule has 2 N–H and O–H groups in total. The van der Waals surface area contributed by atoms with E-state index in [9.17, 15) is 4.39 Å². The molecule has 0 radical (unpaired) electrons. The van der Waals surface area contributed by atoms with Crippen LogP contribution < -0.4 is 10.5 Å². The standard InChI is InChI=1S/C16H14BrClFNO/c17-11-6-9-4-5-21-16(9)10(7-11)8-14(20)12-2-1-3-13(19)15(12)18/h1-3,6-7,14H,4-5,8,20H2. The topological polar surface area (TPSA) is 35.2 Å². The summed E-state index contributed by atoms with van der Waals surface area (Å²) >= 11 is 9.51. The molecule has 1 atom stereocenters. The van der Waals surface area contributed by atoms with Crippen molar-refractivity contribution in [2.75, 3.05) is 6.61 Å². The lowest BCUT2D eigenvalue weighted by Crippen LogP contribution is -2.15. The van der Waals surface area contributed by atoms with Gasteiger partial charge in [0.2, 0.25) is 0 Å². The third-order valence-electron chi connectivity index (χ3n) is 3.65. The fourth-order valence-electron chi connectivity index (χ4n) is 2.65. The van der Waals surface area contributed by atoms with Crippen LogP contribution in [-0.4, -0.2) is 6.61 Å². The Balaban J connectivity index is 1.92. The summed E-state index contributed by atoms with van der Waals surface area (Å²) in [7, 11) is 0. The van der Waals surface area contributed by atoms with Crippen molar-refractivity contribution in [3.8, 4) is 5.75 Å². The van der Waals surface area contributed by atoms with E-state index in [4.69, 9.17) is 22.1 Å². The maximum Gasteiger partial charge on any atom is 0.142 e. The minimum absolute atomic E-state index is 0.0950. The van der Waals surface area contributed by atoms with Gasteiger partial charge in [0, 0.05) is 16.9 Å². The molecule has 0 aromatic heterocycles. The lowest BCUT2D eigenvalue weighted by Gasteiger charge is -2.16. The highest BCUT2D eigenvalue weighted by Gasteiger charge is 2.21. The zero-order chi connectivity index (χ0) is 15.0. The number of hydrogen-bond donors (Lipinski definition) is 1. The molecule has 0 spiro atoms. The summed E-state index contributed by atoms with van der Waals surface area (Å²) in [5.74, 6) is 0.460. The average Bonchev–Trinajstić information content (AvgIpc) is 2.90. The molecule has 110 valence electrons. The van der Waals surface area contributed by atoms with Crippen LogP contribution >= 0.6 is 27.5 Å². The molecule has 1 heterocycles. The van der Waals surface area contributed by atoms with Crippen molar-refractivity contribution in [3.05, 3.63) is 62.3 Å². The second-order valence-electron chi connectivity index (χ2n) is 5.11. The summed E-state index contributed by atoms with van der Waals surface area (Å²) in [4.78, 5) is 0. The molecule has 0 saturated carbocycles. The van der Waals surface area contributed by atoms with E-state index in [0.29, 0.717) is 18.6 Å². The first-order valence-electron chi connectivity index (χ1n) is 6.70. The first-order chi connectivity index (χ1) is 10.1. The van der Waals surface area contributed by atoms with Crippen LogP contribution in [-0.2, 0) is 12.8 Å². The van der Waals surface area contributed by atoms with E-state index < -0.39 is 5.82 Å². The van der Waals surface area contributed by atoms with E-state index in [1.165, 1.54) is 11.6 Å². The van der Waals surface area contributed by atoms with Crippen molar-refractivity contribution in [1.82, 2.24) is 0 Å². The van der Waals surface area contributed by atoms with E-state index in [2.05, 4.69) is 22.0 Å². The Hall–Kier alpha value is -1.10. The van der Waals surface area contributed by atoms with E-state index in [0.717, 1.165) is 22.2 Å². The van der Waals surface area contributed by atoms with Gasteiger partial charge in [-0.2, -0.15) is 0 Å². The third kappa shape index (κ3) is 2.93. The van der Waals surface area contributed by atoms with Crippen LogP contribution in [0.3, 0.4) is 0 Å². The molecule has 0 aliphatic carbocycles. The maximum atomic E-state index is 13.5. The van der Waals surface area contributed by atoms with Crippen LogP contribution in [0.15, 0.2) is 34.8 Å². The van der Waals surface area contributed by atoms with Gasteiger partial charge in [0.1, 0.15) is 11.6 Å². The molecule has 1 aliphatic heterocycles. The van der Waals surface area contributed by atoms with Gasteiger partial charge in [-0.05, 0) is 41.3 Å². The fourth-order valence-corrected chi connectivity index (χ4v) is 3.47. The van der Waals surface area contributed by atoms with Crippen LogP contribution in [0.2, 0.25) is 5.02 Å². The Kier molecular flexibility index (Phi) is 4.20. The molecule has 0 saturated heterocycles. The minimum atomic E-state index is -0.444. The van der Waals surface area contributed by atoms with Gasteiger partial charge < -0.3 is 10.5 Å². The Labute approximate surface area is 136 Å². The molecule has 5 heteroatoms. The molecule has 0 fully saturated rings. The Bertz CT molecular complexity index is 692. The maximum absolute atomic E-state index is 13.5. The minimum Gasteiger partial charge on any atom is -0.493 e. The highest BCUT2D eigenvalue weighted by atomic mass is 79.9. The van der Waals surface area contributed by atoms with Gasteiger partial charge in [0.05, 0.1) is 11.6 Å². The zero-order valence-electron chi connectivity index (χ0n) is 11.2. The number of fused-ring (bicyclic) bond motifs is 1. The van der Waals surface area contributed by atoms with E-state index in [1.807, 2.05) is 6.07 Å². The summed E-state index contributed by atoms with van der Waals surface area (Å²) in [6, 6.07) is 8.39. The molecule has 0 amide bonds. The molecular formula is C16H14BrClFNO. The quantitative estimate of drug-likeness (QED) is 0.868. The average molecular weight is 371 g/mol. The van der Waals surface area contributed by atoms with Crippen molar-refractivity contribution in [2.24, 2.45) is 5.73 Å². The fraction of sp³-hybridized carbons (Fsp3) is 0.250. The van der Waals surface area contributed by atoms with Crippen molar-refractivity contribution >= 4 is 27.5 Å². The number of halogens is 3. The summed E-state index contributed by atoms with van der Waals surface area (Å²) in [5, 5.41) is 0.0950. The van der Waals surface area contributed by atoms with Gasteiger partial charge >= 0.3 is 0 Å². The van der Waals surface area contributed by atoms with Crippen molar-refractivity contribution in [2.45, 2.75) is 18.9 Å². The Morgan fingerprint density at radius 2 is 2.19 bits per heavy atom. The van der Waals surface area contributed by atoms with Crippen molar-refractivity contribution in [1.29, 1.82) is 0 Å². The summed E-state index contributed by atoms with van der Waals surface area (Å²) < 4.78 is 20.2. The number of benzene rings is 2. The number of ether oxygens (including phenoxy) is 1. The second kappa shape index (κ2) is 5.95. The van der Waals surface area contributed by atoms with Gasteiger partial charge in [-0.15, -0.1) is 0 Å². The second-order valence-corrected chi connectivity index (χ2v) is 6.40. The van der Waals surface area contributed by atoms with E-state index >= 15 is 0 Å². The molecule has 2 nitrogen and oxygen atoms in total. The van der Waals surface area contributed by atoms with Crippen LogP contribution in [0.5, 0.6) is 5.75 Å². The molecular weight excluding hydrogens is 357 g/mol. The monoisotopic (exact) mass is 369 g/mol. The smallest absolute Gasteiger partial charge is 0.142 e. The molecule has 2 aromatic carbocycles. The third-order valence-corrected chi connectivity index (χ3v) is 4.50. The Morgan fingerprint density at radius 3 is 3.00 bits per heavy atom. The van der Waals surface area contributed by atoms with E-state index in [1.54, 1.807) is 12.1 Å². The van der Waals surface area contributed by atoms with Gasteiger partial charge in [-0.25, -0.2) is 4.39 Å². The van der Waals surface area contributed by atoms with Crippen LogP contribution in [0.25, 0.3) is 0 Å². The van der Waals surface area contributed by atoms with E-state index in [-0.39, 0.29) is 11.1 Å². The SMILES string of the molecule is NC(Cc1cc(Br)cc2c1OCC2)c1cccc(F)c1Cl. The number of hydrogen-bond acceptors (Lipinski definition) is 2. The van der Waals surface area contributed by atoms with Gasteiger partial charge in [0.25, 0.3) is 0 Å². The number of rotatable bonds is 3. The molecule has 1 aliphatic rings. The zero-order valence-corrected chi connectivity index (χ0v) is 13.5. The Morgan fingerprint density at radius 1 is 1.38 bits per heavy atom. The molecule has 3 rings (SSSR count). The van der Waals surface area contributed by atoms with Crippen LogP contribution in [0.4, 0.5) is 4.39 Å². The largest absolute Gasteiger partial charge is 0.493 e. The van der Waals surface area contributed by atoms with Gasteiger partial charge in [-0.1, -0.05) is 39.7 Å². The molecule has 21 heavy (non-hydrogen) atoms. The predicted molar refractivity (Wildman–Crippen MR) is 85.4 cm³/mol. The number of nitrogens with two attached hydrogens (primary N) is 1. The highest BCUT2D eigenvalue weighted by Crippen LogP contribution is 2.36. The summed E-state index contributed by atoms with van der Waals surface area (Å²) in [5.41, 5.74) is 9.03. The van der Waals surface area contributed by atoms with Crippen molar-refractivity contribution < 1.29 is 9.13 Å². The highest BCUT2D eigenvalue weighted by molar-refractivity contribution is 9.10. The van der Waals surface area contributed by atoms with Gasteiger partial charge in [0.15, 0.2) is 0 Å². The van der Waals surface area contributed by atoms with Crippen LogP contribution in [0, 0.1) is 5.82 Å². The van der Waals surface area contributed by atoms with Crippen molar-refractivity contribution in [3.63, 3.8) is 0 Å². The predicted octanol–water partition coefficient (Wildman–Crippen LogP) is 4.42. The molecule has 2 aromatic rings. The normalized spacial score (nSPS) is 14.7. The molecule has 1 unspecified atom stereocenters. The van der Waals surface area contributed by atoms with Crippen LogP contribution in [0.1, 0.15) is 22.7 Å². The lowest BCUT2D eigenvalue weighted by molar-refractivity contribution is 0.352. The summed E-state index contributed by atoms with van der Waals surface area (Å²) in [6.45, 7) is 0.689. The van der Waals surface area contributed by atoms with Gasteiger partial charge in [-0.3, -0.25) is 0 Å².